The van der Waals surface area contributed by atoms with Crippen LogP contribution in [0.15, 0.2) is 12.8 Å². The van der Waals surface area contributed by atoms with Crippen molar-refractivity contribution in [2.24, 2.45) is 0 Å². The highest BCUT2D eigenvalue weighted by molar-refractivity contribution is 4.43. The summed E-state index contributed by atoms with van der Waals surface area (Å²) in [5, 5.41) is 24.7. The van der Waals surface area contributed by atoms with E-state index >= 15 is 0 Å². The highest BCUT2D eigenvalue weighted by Crippen LogP contribution is 1.86. The molecule has 0 atom stereocenters. The van der Waals surface area contributed by atoms with Crippen LogP contribution in [0.5, 0.6) is 0 Å². The van der Waals surface area contributed by atoms with Crippen LogP contribution in [0.25, 0.3) is 0 Å². The fraction of sp³-hybridized carbons (Fsp3) is 0. The van der Waals surface area contributed by atoms with E-state index in [4.69, 9.17) is 10.4 Å². The second-order valence-corrected chi connectivity index (χ2v) is 0.772. The summed E-state index contributed by atoms with van der Waals surface area (Å²) in [5.41, 5.74) is 0. The Morgan fingerprint density at radius 1 is 1.67 bits per heavy atom. The zero-order chi connectivity index (χ0) is 5.21. The van der Waals surface area contributed by atoms with Gasteiger partial charge in [0.15, 0.2) is 6.20 Å². The van der Waals surface area contributed by atoms with E-state index < -0.39 is 4.97 Å². The second kappa shape index (κ2) is 1.36. The summed E-state index contributed by atoms with van der Waals surface area (Å²) in [6.45, 7) is 2.79. The Bertz CT molecular complexity index is 54.3. The molecule has 0 aliphatic rings. The third kappa shape index (κ3) is 3.58. The number of quaternary nitrogens is 1. The monoisotopic (exact) mass is 91.0 g/mol. The molecular formula is C2H5NO3. The molecule has 0 saturated carbocycles. The summed E-state index contributed by atoms with van der Waals surface area (Å²) in [7, 11) is 0. The van der Waals surface area contributed by atoms with Gasteiger partial charge in [0.25, 0.3) is 0 Å². The van der Waals surface area contributed by atoms with Gasteiger partial charge >= 0.3 is 0 Å². The standard InChI is InChI=1S/C2H5NO3/c1-2-3(4,5)6/h2,4-5H,1H2. The van der Waals surface area contributed by atoms with Crippen molar-refractivity contribution in [3.05, 3.63) is 18.0 Å². The SMILES string of the molecule is C=C[N+]([O-])(O)O. The summed E-state index contributed by atoms with van der Waals surface area (Å²) in [4.78, 5) is -2.42. The minimum Gasteiger partial charge on any atom is -0.559 e. The molecule has 0 aromatic carbocycles. The molecule has 36 valence electrons. The zero-order valence-corrected chi connectivity index (χ0v) is 3.03. The predicted molar refractivity (Wildman–Crippen MR) is 17.4 cm³/mol. The Labute approximate surface area is 34.6 Å². The first kappa shape index (κ1) is 5.58. The highest BCUT2D eigenvalue weighted by atomic mass is 17.1. The van der Waals surface area contributed by atoms with E-state index in [9.17, 15) is 5.21 Å². The molecular weight excluding hydrogens is 86.0 g/mol. The average Bonchev–Trinajstić information content (AvgIpc) is 1.35. The summed E-state index contributed by atoms with van der Waals surface area (Å²) < 4.78 is 0. The molecule has 2 N–H and O–H groups in total. The first-order valence-corrected chi connectivity index (χ1v) is 1.25. The van der Waals surface area contributed by atoms with Crippen LogP contribution in [0.4, 0.5) is 0 Å². The van der Waals surface area contributed by atoms with Crippen LogP contribution in [0.2, 0.25) is 0 Å². The molecule has 6 heavy (non-hydrogen) atoms. The lowest BCUT2D eigenvalue weighted by atomic mass is 11.1. The Kier molecular flexibility index (Phi) is 1.26. The summed E-state index contributed by atoms with van der Waals surface area (Å²) in [6, 6.07) is 0. The minimum atomic E-state index is -2.42. The Morgan fingerprint density at radius 2 is 1.83 bits per heavy atom. The van der Waals surface area contributed by atoms with E-state index in [-0.39, 0.29) is 0 Å². The van der Waals surface area contributed by atoms with Crippen LogP contribution in [0, 0.1) is 5.21 Å². The van der Waals surface area contributed by atoms with E-state index in [2.05, 4.69) is 6.58 Å². The summed E-state index contributed by atoms with van der Waals surface area (Å²) >= 11 is 0. The van der Waals surface area contributed by atoms with E-state index in [1.54, 1.807) is 0 Å². The van der Waals surface area contributed by atoms with Gasteiger partial charge in [0.2, 0.25) is 0 Å². The molecule has 0 saturated heterocycles. The molecule has 4 heteroatoms. The van der Waals surface area contributed by atoms with Crippen LogP contribution < -0.4 is 0 Å². The van der Waals surface area contributed by atoms with Gasteiger partial charge < -0.3 is 5.21 Å². The van der Waals surface area contributed by atoms with Gasteiger partial charge in [0.1, 0.15) is 0 Å². The molecule has 0 unspecified atom stereocenters. The molecule has 0 spiro atoms. The smallest absolute Gasteiger partial charge is 0.156 e. The van der Waals surface area contributed by atoms with Gasteiger partial charge in [-0.25, -0.2) is 0 Å². The summed E-state index contributed by atoms with van der Waals surface area (Å²) in [6.07, 6.45) is 0.431. The van der Waals surface area contributed by atoms with Crippen molar-refractivity contribution in [1.82, 2.24) is 0 Å². The van der Waals surface area contributed by atoms with Crippen molar-refractivity contribution in [3.63, 3.8) is 0 Å². The third-order valence-electron chi connectivity index (χ3n) is 0.238. The normalized spacial score (nSPS) is 11.2. The Hall–Kier alpha value is -0.420. The number of hydroxylamine groups is 3. The van der Waals surface area contributed by atoms with Crippen LogP contribution in [0.1, 0.15) is 0 Å². The molecule has 4 nitrogen and oxygen atoms in total. The van der Waals surface area contributed by atoms with E-state index in [0.717, 1.165) is 0 Å². The molecule has 0 radical (unpaired) electrons. The van der Waals surface area contributed by atoms with Crippen molar-refractivity contribution in [1.29, 1.82) is 0 Å². The minimum absolute atomic E-state index is 0.431. The van der Waals surface area contributed by atoms with E-state index in [1.165, 1.54) is 0 Å². The van der Waals surface area contributed by atoms with Gasteiger partial charge in [-0.1, -0.05) is 0 Å². The number of hydrogen-bond acceptors (Lipinski definition) is 3. The zero-order valence-electron chi connectivity index (χ0n) is 3.03. The molecule has 0 aliphatic heterocycles. The van der Waals surface area contributed by atoms with Crippen molar-refractivity contribution in [2.75, 3.05) is 0 Å². The van der Waals surface area contributed by atoms with Gasteiger partial charge in [-0.3, -0.25) is 0 Å². The van der Waals surface area contributed by atoms with E-state index in [0.29, 0.717) is 6.20 Å². The van der Waals surface area contributed by atoms with Crippen LogP contribution >= 0.6 is 0 Å². The van der Waals surface area contributed by atoms with Gasteiger partial charge in [-0.15, -0.1) is 0 Å². The number of nitrogens with zero attached hydrogens (tertiary/aromatic N) is 1. The van der Waals surface area contributed by atoms with Gasteiger partial charge in [-0.2, -0.15) is 10.4 Å². The fourth-order valence-corrected chi connectivity index (χ4v) is 0. The fourth-order valence-electron chi connectivity index (χ4n) is 0. The lowest BCUT2D eigenvalue weighted by Gasteiger charge is -2.16. The third-order valence-corrected chi connectivity index (χ3v) is 0.238. The molecule has 0 fully saturated rings. The van der Waals surface area contributed by atoms with Crippen molar-refractivity contribution in [2.45, 2.75) is 0 Å². The molecule has 0 aromatic heterocycles. The Morgan fingerprint density at radius 3 is 1.83 bits per heavy atom. The van der Waals surface area contributed by atoms with Gasteiger partial charge in [0.05, 0.1) is 0 Å². The predicted octanol–water partition coefficient (Wildman–Crippen LogP) is 0.223. The highest BCUT2D eigenvalue weighted by Gasteiger charge is 1.95. The number of rotatable bonds is 1. The first-order chi connectivity index (χ1) is 2.56. The molecule has 0 heterocycles. The van der Waals surface area contributed by atoms with Crippen LogP contribution in [-0.4, -0.2) is 15.4 Å². The first-order valence-electron chi connectivity index (χ1n) is 1.25. The molecule has 0 rings (SSSR count). The van der Waals surface area contributed by atoms with Crippen molar-refractivity contribution < 1.29 is 15.4 Å². The molecule has 0 amide bonds. The maximum absolute atomic E-state index is 9.40. The van der Waals surface area contributed by atoms with Crippen molar-refractivity contribution in [3.8, 4) is 0 Å². The average molecular weight is 91.1 g/mol. The maximum Gasteiger partial charge on any atom is 0.156 e. The largest absolute Gasteiger partial charge is 0.559 e. The molecule has 0 aliphatic carbocycles. The van der Waals surface area contributed by atoms with Gasteiger partial charge in [-0.05, 0) is 11.6 Å². The maximum atomic E-state index is 9.40. The van der Waals surface area contributed by atoms with Crippen molar-refractivity contribution >= 4 is 0 Å². The summed E-state index contributed by atoms with van der Waals surface area (Å²) in [5.74, 6) is 0. The van der Waals surface area contributed by atoms with Crippen LogP contribution in [0.3, 0.4) is 0 Å². The molecule has 0 aromatic rings. The van der Waals surface area contributed by atoms with E-state index in [1.807, 2.05) is 0 Å². The lowest BCUT2D eigenvalue weighted by Crippen LogP contribution is -2.25. The van der Waals surface area contributed by atoms with Gasteiger partial charge in [0, 0.05) is 0 Å². The molecule has 0 bridgehead atoms. The lowest BCUT2D eigenvalue weighted by molar-refractivity contribution is -1.18. The topological polar surface area (TPSA) is 63.5 Å². The van der Waals surface area contributed by atoms with Crippen LogP contribution in [-0.2, 0) is 0 Å². The Balaban J connectivity index is 3.45. The number of hydrogen-bond donors (Lipinski definition) is 2. The second-order valence-electron chi connectivity index (χ2n) is 0.772. The quantitative estimate of drug-likeness (QED) is 0.358.